The standard InChI is InChI=1S/C15H16N2O3/c1-11(13-5-3-7-15(9-13)17(19)20)16-14-6-2-4-12(8-14)10-18/h2-9,11,16,18H,10H2,1H3. The molecule has 0 aromatic heterocycles. The number of anilines is 1. The first-order valence-corrected chi connectivity index (χ1v) is 6.31. The van der Waals surface area contributed by atoms with Crippen LogP contribution in [0, 0.1) is 10.1 Å². The Morgan fingerprint density at radius 2 is 2.00 bits per heavy atom. The molecule has 0 heterocycles. The Morgan fingerprint density at radius 1 is 1.25 bits per heavy atom. The SMILES string of the molecule is CC(Nc1cccc(CO)c1)c1cccc([N+](=O)[O-])c1. The van der Waals surface area contributed by atoms with Gasteiger partial charge in [0.25, 0.3) is 5.69 Å². The van der Waals surface area contributed by atoms with Crippen LogP contribution in [-0.2, 0) is 6.61 Å². The number of hydrogen-bond acceptors (Lipinski definition) is 4. The highest BCUT2D eigenvalue weighted by molar-refractivity contribution is 5.48. The molecule has 2 aromatic carbocycles. The number of benzene rings is 2. The molecule has 0 saturated heterocycles. The van der Waals surface area contributed by atoms with Gasteiger partial charge in [-0.05, 0) is 30.2 Å². The van der Waals surface area contributed by atoms with Crippen LogP contribution in [0.2, 0.25) is 0 Å². The molecule has 5 heteroatoms. The van der Waals surface area contributed by atoms with Crippen molar-refractivity contribution in [3.05, 3.63) is 69.8 Å². The molecule has 0 saturated carbocycles. The summed E-state index contributed by atoms with van der Waals surface area (Å²) in [5.41, 5.74) is 2.62. The summed E-state index contributed by atoms with van der Waals surface area (Å²) in [6.07, 6.45) is 0. The van der Waals surface area contributed by atoms with Gasteiger partial charge in [-0.2, -0.15) is 0 Å². The predicted octanol–water partition coefficient (Wildman–Crippen LogP) is 3.26. The fraction of sp³-hybridized carbons (Fsp3) is 0.200. The third kappa shape index (κ3) is 3.33. The zero-order valence-electron chi connectivity index (χ0n) is 11.1. The van der Waals surface area contributed by atoms with Crippen LogP contribution in [0.4, 0.5) is 11.4 Å². The number of nitro benzene ring substituents is 1. The number of hydrogen-bond donors (Lipinski definition) is 2. The summed E-state index contributed by atoms with van der Waals surface area (Å²) in [5.74, 6) is 0. The van der Waals surface area contributed by atoms with Crippen molar-refractivity contribution >= 4 is 11.4 Å². The first-order chi connectivity index (χ1) is 9.60. The maximum Gasteiger partial charge on any atom is 0.269 e. The van der Waals surface area contributed by atoms with E-state index in [1.165, 1.54) is 6.07 Å². The molecule has 0 radical (unpaired) electrons. The maximum atomic E-state index is 10.8. The van der Waals surface area contributed by atoms with E-state index in [2.05, 4.69) is 5.32 Å². The van der Waals surface area contributed by atoms with E-state index in [4.69, 9.17) is 5.11 Å². The third-order valence-corrected chi connectivity index (χ3v) is 3.07. The van der Waals surface area contributed by atoms with Gasteiger partial charge in [-0.15, -0.1) is 0 Å². The van der Waals surface area contributed by atoms with Gasteiger partial charge in [0.1, 0.15) is 0 Å². The molecule has 2 N–H and O–H groups in total. The highest BCUT2D eigenvalue weighted by Gasteiger charge is 2.10. The molecule has 20 heavy (non-hydrogen) atoms. The molecule has 1 unspecified atom stereocenters. The highest BCUT2D eigenvalue weighted by atomic mass is 16.6. The Kier molecular flexibility index (Phi) is 4.32. The van der Waals surface area contributed by atoms with Crippen molar-refractivity contribution in [1.29, 1.82) is 0 Å². The fourth-order valence-corrected chi connectivity index (χ4v) is 2.00. The molecule has 5 nitrogen and oxygen atoms in total. The molecule has 2 rings (SSSR count). The molecule has 104 valence electrons. The zero-order chi connectivity index (χ0) is 14.5. The first kappa shape index (κ1) is 14.0. The van der Waals surface area contributed by atoms with E-state index in [-0.39, 0.29) is 18.3 Å². The number of non-ortho nitro benzene ring substituents is 1. The molecular formula is C15H16N2O3. The molecule has 0 fully saturated rings. The van der Waals surface area contributed by atoms with Gasteiger partial charge in [-0.3, -0.25) is 10.1 Å². The second kappa shape index (κ2) is 6.16. The van der Waals surface area contributed by atoms with Crippen LogP contribution in [0.3, 0.4) is 0 Å². The van der Waals surface area contributed by atoms with Crippen LogP contribution in [-0.4, -0.2) is 10.0 Å². The van der Waals surface area contributed by atoms with E-state index in [0.29, 0.717) is 0 Å². The topological polar surface area (TPSA) is 75.4 Å². The first-order valence-electron chi connectivity index (χ1n) is 6.31. The van der Waals surface area contributed by atoms with E-state index >= 15 is 0 Å². The van der Waals surface area contributed by atoms with Gasteiger partial charge in [-0.25, -0.2) is 0 Å². The molecular weight excluding hydrogens is 256 g/mol. The summed E-state index contributed by atoms with van der Waals surface area (Å²) in [6, 6.07) is 13.9. The monoisotopic (exact) mass is 272 g/mol. The molecule has 0 bridgehead atoms. The van der Waals surface area contributed by atoms with Crippen LogP contribution in [0.25, 0.3) is 0 Å². The summed E-state index contributed by atoms with van der Waals surface area (Å²) in [5, 5.41) is 23.1. The second-order valence-corrected chi connectivity index (χ2v) is 4.58. The molecule has 0 spiro atoms. The average molecular weight is 272 g/mol. The summed E-state index contributed by atoms with van der Waals surface area (Å²) in [6.45, 7) is 1.92. The Hall–Kier alpha value is -2.40. The van der Waals surface area contributed by atoms with Crippen molar-refractivity contribution in [2.75, 3.05) is 5.32 Å². The lowest BCUT2D eigenvalue weighted by Gasteiger charge is -2.16. The number of nitrogens with one attached hydrogen (secondary N) is 1. The van der Waals surface area contributed by atoms with Gasteiger partial charge in [0.2, 0.25) is 0 Å². The van der Waals surface area contributed by atoms with Crippen molar-refractivity contribution in [3.8, 4) is 0 Å². The van der Waals surface area contributed by atoms with Gasteiger partial charge in [-0.1, -0.05) is 24.3 Å². The number of aliphatic hydroxyl groups is 1. The van der Waals surface area contributed by atoms with Crippen LogP contribution in [0.15, 0.2) is 48.5 Å². The van der Waals surface area contributed by atoms with Crippen molar-refractivity contribution in [1.82, 2.24) is 0 Å². The zero-order valence-corrected chi connectivity index (χ0v) is 11.1. The Bertz CT molecular complexity index is 614. The minimum Gasteiger partial charge on any atom is -0.392 e. The van der Waals surface area contributed by atoms with Crippen LogP contribution < -0.4 is 5.32 Å². The van der Waals surface area contributed by atoms with Gasteiger partial charge in [0.15, 0.2) is 0 Å². The van der Waals surface area contributed by atoms with E-state index in [0.717, 1.165) is 16.8 Å². The van der Waals surface area contributed by atoms with E-state index < -0.39 is 4.92 Å². The second-order valence-electron chi connectivity index (χ2n) is 4.58. The van der Waals surface area contributed by atoms with E-state index in [1.807, 2.05) is 37.3 Å². The summed E-state index contributed by atoms with van der Waals surface area (Å²) < 4.78 is 0. The Balaban J connectivity index is 2.16. The van der Waals surface area contributed by atoms with E-state index in [1.54, 1.807) is 12.1 Å². The lowest BCUT2D eigenvalue weighted by atomic mass is 10.1. The predicted molar refractivity (Wildman–Crippen MR) is 77.5 cm³/mol. The quantitative estimate of drug-likeness (QED) is 0.647. The lowest BCUT2D eigenvalue weighted by Crippen LogP contribution is -2.07. The number of nitrogens with zero attached hydrogens (tertiary/aromatic N) is 1. The molecule has 2 aromatic rings. The summed E-state index contributed by atoms with van der Waals surface area (Å²) in [7, 11) is 0. The van der Waals surface area contributed by atoms with Crippen molar-refractivity contribution in [2.24, 2.45) is 0 Å². The maximum absolute atomic E-state index is 10.8. The van der Waals surface area contributed by atoms with Crippen molar-refractivity contribution in [2.45, 2.75) is 19.6 Å². The lowest BCUT2D eigenvalue weighted by molar-refractivity contribution is -0.384. The van der Waals surface area contributed by atoms with E-state index in [9.17, 15) is 10.1 Å². The smallest absolute Gasteiger partial charge is 0.269 e. The van der Waals surface area contributed by atoms with Gasteiger partial charge < -0.3 is 10.4 Å². The molecule has 1 atom stereocenters. The minimum absolute atomic E-state index is 0.0132. The molecule has 0 aliphatic carbocycles. The average Bonchev–Trinajstić information content (AvgIpc) is 2.47. The van der Waals surface area contributed by atoms with Gasteiger partial charge in [0.05, 0.1) is 11.5 Å². The van der Waals surface area contributed by atoms with Crippen LogP contribution >= 0.6 is 0 Å². The number of aliphatic hydroxyl groups excluding tert-OH is 1. The third-order valence-electron chi connectivity index (χ3n) is 3.07. The molecule has 0 aliphatic rings. The van der Waals surface area contributed by atoms with Crippen molar-refractivity contribution in [3.63, 3.8) is 0 Å². The Labute approximate surface area is 117 Å². The number of rotatable bonds is 5. The van der Waals surface area contributed by atoms with Crippen LogP contribution in [0.5, 0.6) is 0 Å². The Morgan fingerprint density at radius 3 is 2.70 bits per heavy atom. The van der Waals surface area contributed by atoms with Gasteiger partial charge >= 0.3 is 0 Å². The van der Waals surface area contributed by atoms with Gasteiger partial charge in [0, 0.05) is 23.9 Å². The largest absolute Gasteiger partial charge is 0.392 e. The minimum atomic E-state index is -0.400. The molecule has 0 aliphatic heterocycles. The fourth-order valence-electron chi connectivity index (χ4n) is 2.00. The van der Waals surface area contributed by atoms with Crippen LogP contribution in [0.1, 0.15) is 24.1 Å². The van der Waals surface area contributed by atoms with Crippen molar-refractivity contribution < 1.29 is 10.0 Å². The normalized spacial score (nSPS) is 11.9. The molecule has 0 amide bonds. The number of nitro groups is 1. The summed E-state index contributed by atoms with van der Waals surface area (Å²) in [4.78, 5) is 10.4. The highest BCUT2D eigenvalue weighted by Crippen LogP contribution is 2.23. The summed E-state index contributed by atoms with van der Waals surface area (Å²) >= 11 is 0.